The summed E-state index contributed by atoms with van der Waals surface area (Å²) >= 11 is 5.85. The number of carbonyl (C=O) groups is 1. The molecule has 2 aromatic rings. The fraction of sp³-hybridized carbons (Fsp3) is 0.125. The van der Waals surface area contributed by atoms with Crippen LogP contribution in [-0.2, 0) is 11.3 Å². The molecule has 5 heteroatoms. The normalized spacial score (nSPS) is 9.90. The number of anilines is 1. The molecule has 0 saturated heterocycles. The van der Waals surface area contributed by atoms with E-state index in [-0.39, 0.29) is 6.54 Å². The van der Waals surface area contributed by atoms with Crippen molar-refractivity contribution < 1.29 is 9.90 Å². The first kappa shape index (κ1) is 14.9. The van der Waals surface area contributed by atoms with Crippen LogP contribution in [0.4, 0.5) is 5.69 Å². The van der Waals surface area contributed by atoms with E-state index in [0.717, 1.165) is 11.3 Å². The maximum atomic E-state index is 11.0. The number of carboxylic acids is 1. The van der Waals surface area contributed by atoms with Gasteiger partial charge in [0.2, 0.25) is 0 Å². The summed E-state index contributed by atoms with van der Waals surface area (Å²) in [5, 5.41) is 18.6. The molecule has 0 saturated carbocycles. The Hall–Kier alpha value is -2.51. The lowest BCUT2D eigenvalue weighted by atomic mass is 10.1. The summed E-state index contributed by atoms with van der Waals surface area (Å²) < 4.78 is 0. The van der Waals surface area contributed by atoms with E-state index in [4.69, 9.17) is 22.0 Å². The summed E-state index contributed by atoms with van der Waals surface area (Å²) in [6.07, 6.45) is 0. The maximum Gasteiger partial charge on any atom is 0.323 e. The summed E-state index contributed by atoms with van der Waals surface area (Å²) in [5.41, 5.74) is 2.20. The molecule has 0 radical (unpaired) electrons. The van der Waals surface area contributed by atoms with E-state index < -0.39 is 5.97 Å². The Bertz CT molecular complexity index is 677. The van der Waals surface area contributed by atoms with Crippen molar-refractivity contribution in [1.82, 2.24) is 0 Å². The lowest BCUT2D eigenvalue weighted by Gasteiger charge is -2.23. The number of carboxylic acid groups (broad SMARTS) is 1. The second-order valence-corrected chi connectivity index (χ2v) is 4.97. The van der Waals surface area contributed by atoms with E-state index in [9.17, 15) is 4.79 Å². The molecule has 106 valence electrons. The van der Waals surface area contributed by atoms with Crippen LogP contribution in [0.2, 0.25) is 5.02 Å². The second-order valence-electron chi connectivity index (χ2n) is 4.54. The van der Waals surface area contributed by atoms with E-state index in [1.807, 2.05) is 6.07 Å². The Balaban J connectivity index is 2.25. The first-order valence-corrected chi connectivity index (χ1v) is 6.67. The number of benzene rings is 2. The third kappa shape index (κ3) is 4.23. The van der Waals surface area contributed by atoms with E-state index in [0.29, 0.717) is 17.1 Å². The van der Waals surface area contributed by atoms with Crippen LogP contribution in [0.3, 0.4) is 0 Å². The molecule has 0 amide bonds. The van der Waals surface area contributed by atoms with E-state index in [2.05, 4.69) is 6.07 Å². The van der Waals surface area contributed by atoms with Crippen molar-refractivity contribution in [3.8, 4) is 6.07 Å². The first-order valence-electron chi connectivity index (χ1n) is 6.30. The van der Waals surface area contributed by atoms with Crippen LogP contribution in [0.25, 0.3) is 0 Å². The summed E-state index contributed by atoms with van der Waals surface area (Å²) in [5.74, 6) is -0.915. The molecule has 0 atom stereocenters. The molecular formula is C16H13ClN2O2. The monoisotopic (exact) mass is 300 g/mol. The van der Waals surface area contributed by atoms with Gasteiger partial charge in [-0.15, -0.1) is 0 Å². The second kappa shape index (κ2) is 6.78. The van der Waals surface area contributed by atoms with Gasteiger partial charge in [0.1, 0.15) is 6.54 Å². The molecule has 2 aromatic carbocycles. The van der Waals surface area contributed by atoms with Gasteiger partial charge in [-0.2, -0.15) is 5.26 Å². The predicted octanol–water partition coefficient (Wildman–Crippen LogP) is 3.30. The van der Waals surface area contributed by atoms with Crippen LogP contribution in [0.5, 0.6) is 0 Å². The average molecular weight is 301 g/mol. The van der Waals surface area contributed by atoms with Crippen LogP contribution in [0, 0.1) is 11.3 Å². The highest BCUT2D eigenvalue weighted by Gasteiger charge is 2.11. The first-order chi connectivity index (χ1) is 10.1. The van der Waals surface area contributed by atoms with E-state index in [1.54, 1.807) is 47.4 Å². The Labute approximate surface area is 127 Å². The molecule has 1 N–H and O–H groups in total. The zero-order valence-electron chi connectivity index (χ0n) is 11.2. The Morgan fingerprint density at radius 2 is 1.95 bits per heavy atom. The summed E-state index contributed by atoms with van der Waals surface area (Å²) in [7, 11) is 0. The van der Waals surface area contributed by atoms with Gasteiger partial charge >= 0.3 is 5.97 Å². The standard InChI is InChI=1S/C16H13ClN2O2/c17-14-4-6-15(7-5-14)19(11-16(20)21)10-13-3-1-2-12(8-13)9-18/h1-8H,10-11H2,(H,20,21). The van der Waals surface area contributed by atoms with Crippen molar-refractivity contribution in [3.63, 3.8) is 0 Å². The molecule has 0 aliphatic rings. The number of hydrogen-bond donors (Lipinski definition) is 1. The van der Waals surface area contributed by atoms with Crippen molar-refractivity contribution in [3.05, 3.63) is 64.7 Å². The van der Waals surface area contributed by atoms with Gasteiger partial charge in [0.25, 0.3) is 0 Å². The molecule has 0 aromatic heterocycles. The maximum absolute atomic E-state index is 11.0. The number of rotatable bonds is 5. The third-order valence-corrected chi connectivity index (χ3v) is 3.20. The molecular weight excluding hydrogens is 288 g/mol. The highest BCUT2D eigenvalue weighted by atomic mass is 35.5. The molecule has 0 spiro atoms. The minimum atomic E-state index is -0.915. The summed E-state index contributed by atoms with van der Waals surface area (Å²) in [6, 6.07) is 16.2. The van der Waals surface area contributed by atoms with Gasteiger partial charge in [-0.05, 0) is 42.0 Å². The number of nitriles is 1. The number of aliphatic carboxylic acids is 1. The number of hydrogen-bond acceptors (Lipinski definition) is 3. The highest BCUT2D eigenvalue weighted by molar-refractivity contribution is 6.30. The van der Waals surface area contributed by atoms with Crippen molar-refractivity contribution >= 4 is 23.3 Å². The van der Waals surface area contributed by atoms with Crippen LogP contribution in [-0.4, -0.2) is 17.6 Å². The van der Waals surface area contributed by atoms with Crippen LogP contribution < -0.4 is 4.90 Å². The van der Waals surface area contributed by atoms with Gasteiger partial charge in [0.15, 0.2) is 0 Å². The summed E-state index contributed by atoms with van der Waals surface area (Å²) in [4.78, 5) is 12.8. The van der Waals surface area contributed by atoms with Gasteiger partial charge < -0.3 is 10.0 Å². The van der Waals surface area contributed by atoms with E-state index >= 15 is 0 Å². The van der Waals surface area contributed by atoms with Crippen molar-refractivity contribution in [1.29, 1.82) is 5.26 Å². The molecule has 0 aliphatic carbocycles. The van der Waals surface area contributed by atoms with Crippen molar-refractivity contribution in [2.45, 2.75) is 6.54 Å². The molecule has 0 heterocycles. The zero-order chi connectivity index (χ0) is 15.2. The minimum Gasteiger partial charge on any atom is -0.480 e. The van der Waals surface area contributed by atoms with Crippen LogP contribution in [0.15, 0.2) is 48.5 Å². The molecule has 21 heavy (non-hydrogen) atoms. The highest BCUT2D eigenvalue weighted by Crippen LogP contribution is 2.20. The fourth-order valence-electron chi connectivity index (χ4n) is 2.01. The molecule has 4 nitrogen and oxygen atoms in total. The van der Waals surface area contributed by atoms with Gasteiger partial charge in [-0.25, -0.2) is 0 Å². The Morgan fingerprint density at radius 3 is 2.57 bits per heavy atom. The SMILES string of the molecule is N#Cc1cccc(CN(CC(=O)O)c2ccc(Cl)cc2)c1. The lowest BCUT2D eigenvalue weighted by molar-refractivity contribution is -0.135. The van der Waals surface area contributed by atoms with Crippen molar-refractivity contribution in [2.75, 3.05) is 11.4 Å². The Kier molecular flexibility index (Phi) is 4.81. The lowest BCUT2D eigenvalue weighted by Crippen LogP contribution is -2.29. The molecule has 0 bridgehead atoms. The Morgan fingerprint density at radius 1 is 1.24 bits per heavy atom. The average Bonchev–Trinajstić information content (AvgIpc) is 2.47. The fourth-order valence-corrected chi connectivity index (χ4v) is 2.14. The zero-order valence-corrected chi connectivity index (χ0v) is 11.9. The van der Waals surface area contributed by atoms with Gasteiger partial charge in [-0.3, -0.25) is 4.79 Å². The van der Waals surface area contributed by atoms with Gasteiger partial charge in [0.05, 0.1) is 11.6 Å². The molecule has 0 fully saturated rings. The quantitative estimate of drug-likeness (QED) is 0.920. The molecule has 0 aliphatic heterocycles. The number of nitrogens with zero attached hydrogens (tertiary/aromatic N) is 2. The van der Waals surface area contributed by atoms with Gasteiger partial charge in [0, 0.05) is 17.3 Å². The van der Waals surface area contributed by atoms with E-state index in [1.165, 1.54) is 0 Å². The summed E-state index contributed by atoms with van der Waals surface area (Å²) in [6.45, 7) is 0.280. The number of halogens is 1. The van der Waals surface area contributed by atoms with Crippen LogP contribution >= 0.6 is 11.6 Å². The largest absolute Gasteiger partial charge is 0.480 e. The molecule has 2 rings (SSSR count). The predicted molar refractivity (Wildman–Crippen MR) is 81.3 cm³/mol. The van der Waals surface area contributed by atoms with Crippen LogP contribution in [0.1, 0.15) is 11.1 Å². The minimum absolute atomic E-state index is 0.127. The topological polar surface area (TPSA) is 64.3 Å². The smallest absolute Gasteiger partial charge is 0.323 e. The third-order valence-electron chi connectivity index (χ3n) is 2.95. The van der Waals surface area contributed by atoms with Crippen molar-refractivity contribution in [2.24, 2.45) is 0 Å². The molecule has 0 unspecified atom stereocenters. The van der Waals surface area contributed by atoms with Gasteiger partial charge in [-0.1, -0.05) is 23.7 Å².